The van der Waals surface area contributed by atoms with Gasteiger partial charge in [-0.25, -0.2) is 0 Å². The maximum Gasteiger partial charge on any atom is 0.234 e. The minimum absolute atomic E-state index is 0.105. The molecule has 1 saturated carbocycles. The van der Waals surface area contributed by atoms with E-state index >= 15 is 0 Å². The van der Waals surface area contributed by atoms with Gasteiger partial charge in [-0.1, -0.05) is 18.2 Å². The number of hydrogen-bond acceptors (Lipinski definition) is 4. The molecule has 0 spiro atoms. The molecular formula is C18H25N3O3. The summed E-state index contributed by atoms with van der Waals surface area (Å²) < 4.78 is 5.57. The van der Waals surface area contributed by atoms with Crippen LogP contribution < -0.4 is 10.1 Å². The maximum absolute atomic E-state index is 12.2. The number of ether oxygens (including phenoxy) is 1. The first kappa shape index (κ1) is 16.8. The molecule has 2 fully saturated rings. The van der Waals surface area contributed by atoms with Gasteiger partial charge in [0, 0.05) is 32.2 Å². The van der Waals surface area contributed by atoms with Crippen LogP contribution in [-0.2, 0) is 9.59 Å². The zero-order valence-electron chi connectivity index (χ0n) is 13.9. The summed E-state index contributed by atoms with van der Waals surface area (Å²) in [6.07, 6.45) is 2.61. The van der Waals surface area contributed by atoms with Gasteiger partial charge < -0.3 is 15.0 Å². The molecule has 0 radical (unpaired) electrons. The molecule has 0 aromatic heterocycles. The number of nitrogens with one attached hydrogen (secondary N) is 1. The van der Waals surface area contributed by atoms with Crippen molar-refractivity contribution in [2.24, 2.45) is 0 Å². The van der Waals surface area contributed by atoms with Crippen molar-refractivity contribution in [2.75, 3.05) is 39.3 Å². The number of benzene rings is 1. The Morgan fingerprint density at radius 1 is 1.08 bits per heavy atom. The Labute approximate surface area is 142 Å². The predicted molar refractivity (Wildman–Crippen MR) is 90.7 cm³/mol. The Balaban J connectivity index is 1.31. The minimum Gasteiger partial charge on any atom is -0.493 e. The summed E-state index contributed by atoms with van der Waals surface area (Å²) in [5, 5.41) is 3.00. The van der Waals surface area contributed by atoms with Gasteiger partial charge in [-0.3, -0.25) is 14.5 Å². The molecule has 1 aliphatic heterocycles. The standard InChI is InChI=1S/C18H25N3O3/c22-17(19-15-6-7-15)14-20-9-11-21(12-10-20)18(23)8-13-24-16-4-2-1-3-5-16/h1-5,15H,6-14H2,(H,19,22). The molecule has 1 N–H and O–H groups in total. The summed E-state index contributed by atoms with van der Waals surface area (Å²) in [6.45, 7) is 3.71. The second-order valence-corrected chi connectivity index (χ2v) is 6.41. The fourth-order valence-corrected chi connectivity index (χ4v) is 2.79. The molecule has 2 amide bonds. The Kier molecular flexibility index (Phi) is 5.69. The van der Waals surface area contributed by atoms with E-state index in [1.54, 1.807) is 0 Å². The zero-order chi connectivity index (χ0) is 16.8. The number of carbonyl (C=O) groups is 2. The van der Waals surface area contributed by atoms with Crippen LogP contribution in [0.3, 0.4) is 0 Å². The van der Waals surface area contributed by atoms with Crippen molar-refractivity contribution in [1.82, 2.24) is 15.1 Å². The van der Waals surface area contributed by atoms with Gasteiger partial charge in [0.2, 0.25) is 11.8 Å². The maximum atomic E-state index is 12.2. The number of piperazine rings is 1. The van der Waals surface area contributed by atoms with Crippen LogP contribution in [0.15, 0.2) is 30.3 Å². The van der Waals surface area contributed by atoms with Gasteiger partial charge >= 0.3 is 0 Å². The summed E-state index contributed by atoms with van der Waals surface area (Å²) in [5.74, 6) is 1.01. The van der Waals surface area contributed by atoms with Gasteiger partial charge in [0.15, 0.2) is 0 Å². The lowest BCUT2D eigenvalue weighted by Crippen LogP contribution is -2.51. The second-order valence-electron chi connectivity index (χ2n) is 6.41. The third-order valence-corrected chi connectivity index (χ3v) is 4.36. The number of hydrogen-bond donors (Lipinski definition) is 1. The smallest absolute Gasteiger partial charge is 0.234 e. The number of nitrogens with zero attached hydrogens (tertiary/aromatic N) is 2. The lowest BCUT2D eigenvalue weighted by atomic mass is 10.2. The third kappa shape index (κ3) is 5.23. The summed E-state index contributed by atoms with van der Waals surface area (Å²) in [5.41, 5.74) is 0. The first-order valence-electron chi connectivity index (χ1n) is 8.68. The number of rotatable bonds is 7. The average Bonchev–Trinajstić information content (AvgIpc) is 3.40. The van der Waals surface area contributed by atoms with Crippen molar-refractivity contribution in [2.45, 2.75) is 25.3 Å². The van der Waals surface area contributed by atoms with Gasteiger partial charge in [-0.2, -0.15) is 0 Å². The minimum atomic E-state index is 0.105. The van der Waals surface area contributed by atoms with Gasteiger partial charge in [0.25, 0.3) is 0 Å². The van der Waals surface area contributed by atoms with Crippen LogP contribution in [0.5, 0.6) is 5.75 Å². The van der Waals surface area contributed by atoms with Gasteiger partial charge in [-0.15, -0.1) is 0 Å². The molecular weight excluding hydrogens is 306 g/mol. The Morgan fingerprint density at radius 2 is 1.79 bits per heavy atom. The zero-order valence-corrected chi connectivity index (χ0v) is 13.9. The van der Waals surface area contributed by atoms with Crippen LogP contribution in [0.4, 0.5) is 0 Å². The van der Waals surface area contributed by atoms with E-state index in [0.29, 0.717) is 38.7 Å². The molecule has 0 unspecified atom stereocenters. The van der Waals surface area contributed by atoms with Crippen LogP contribution in [0.1, 0.15) is 19.3 Å². The highest BCUT2D eigenvalue weighted by atomic mass is 16.5. The molecule has 1 heterocycles. The molecule has 0 atom stereocenters. The summed E-state index contributed by atoms with van der Waals surface area (Å²) >= 11 is 0. The molecule has 1 aliphatic carbocycles. The molecule has 6 nitrogen and oxygen atoms in total. The lowest BCUT2D eigenvalue weighted by molar-refractivity contribution is -0.133. The topological polar surface area (TPSA) is 61.9 Å². The molecule has 6 heteroatoms. The van der Waals surface area contributed by atoms with Crippen LogP contribution in [0.2, 0.25) is 0 Å². The van der Waals surface area contributed by atoms with Crippen molar-refractivity contribution >= 4 is 11.8 Å². The fraction of sp³-hybridized carbons (Fsp3) is 0.556. The van der Waals surface area contributed by atoms with E-state index in [0.717, 1.165) is 31.7 Å². The molecule has 3 rings (SSSR count). The van der Waals surface area contributed by atoms with Crippen molar-refractivity contribution in [1.29, 1.82) is 0 Å². The number of amides is 2. The highest BCUT2D eigenvalue weighted by molar-refractivity contribution is 5.79. The first-order chi connectivity index (χ1) is 11.7. The van der Waals surface area contributed by atoms with E-state index in [1.165, 1.54) is 0 Å². The average molecular weight is 331 g/mol. The highest BCUT2D eigenvalue weighted by Gasteiger charge is 2.26. The van der Waals surface area contributed by atoms with E-state index in [4.69, 9.17) is 4.74 Å². The molecule has 130 valence electrons. The predicted octanol–water partition coefficient (Wildman–Crippen LogP) is 0.878. The molecule has 1 aromatic rings. The van der Waals surface area contributed by atoms with Crippen LogP contribution in [0.25, 0.3) is 0 Å². The third-order valence-electron chi connectivity index (χ3n) is 4.36. The number of carbonyl (C=O) groups excluding carboxylic acids is 2. The SMILES string of the molecule is O=C(CN1CCN(C(=O)CCOc2ccccc2)CC1)NC1CC1. The normalized spacial score (nSPS) is 18.2. The Hall–Kier alpha value is -2.08. The van der Waals surface area contributed by atoms with E-state index < -0.39 is 0 Å². The lowest BCUT2D eigenvalue weighted by Gasteiger charge is -2.34. The van der Waals surface area contributed by atoms with Crippen LogP contribution in [-0.4, -0.2) is 67.0 Å². The largest absolute Gasteiger partial charge is 0.493 e. The molecule has 24 heavy (non-hydrogen) atoms. The fourth-order valence-electron chi connectivity index (χ4n) is 2.79. The summed E-state index contributed by atoms with van der Waals surface area (Å²) in [7, 11) is 0. The summed E-state index contributed by atoms with van der Waals surface area (Å²) in [6, 6.07) is 9.93. The summed E-state index contributed by atoms with van der Waals surface area (Å²) in [4.78, 5) is 28.0. The van der Waals surface area contributed by atoms with Crippen LogP contribution in [0, 0.1) is 0 Å². The van der Waals surface area contributed by atoms with Gasteiger partial charge in [0.1, 0.15) is 5.75 Å². The van der Waals surface area contributed by atoms with Crippen molar-refractivity contribution in [3.8, 4) is 5.75 Å². The monoisotopic (exact) mass is 331 g/mol. The Morgan fingerprint density at radius 3 is 2.46 bits per heavy atom. The van der Waals surface area contributed by atoms with Crippen molar-refractivity contribution in [3.05, 3.63) is 30.3 Å². The number of para-hydroxylation sites is 1. The van der Waals surface area contributed by atoms with E-state index in [-0.39, 0.29) is 11.8 Å². The molecule has 1 saturated heterocycles. The van der Waals surface area contributed by atoms with Crippen LogP contribution >= 0.6 is 0 Å². The van der Waals surface area contributed by atoms with Gasteiger partial charge in [-0.05, 0) is 25.0 Å². The highest BCUT2D eigenvalue weighted by Crippen LogP contribution is 2.18. The second kappa shape index (κ2) is 8.15. The van der Waals surface area contributed by atoms with E-state index in [1.807, 2.05) is 35.2 Å². The van der Waals surface area contributed by atoms with Gasteiger partial charge in [0.05, 0.1) is 19.6 Å². The van der Waals surface area contributed by atoms with Crippen molar-refractivity contribution < 1.29 is 14.3 Å². The molecule has 1 aromatic carbocycles. The quantitative estimate of drug-likeness (QED) is 0.806. The van der Waals surface area contributed by atoms with E-state index in [9.17, 15) is 9.59 Å². The Bertz CT molecular complexity index is 552. The first-order valence-corrected chi connectivity index (χ1v) is 8.68. The van der Waals surface area contributed by atoms with Crippen molar-refractivity contribution in [3.63, 3.8) is 0 Å². The molecule has 0 bridgehead atoms. The van der Waals surface area contributed by atoms with E-state index in [2.05, 4.69) is 10.2 Å². The molecule has 2 aliphatic rings.